The van der Waals surface area contributed by atoms with Gasteiger partial charge in [0, 0.05) is 23.5 Å². The highest BCUT2D eigenvalue weighted by molar-refractivity contribution is 9.08. The van der Waals surface area contributed by atoms with E-state index in [9.17, 15) is 8.78 Å². The SMILES string of the molecule is FC(F)C1=NN=C(c2ccc(CBr)nc2)C1. The number of aromatic nitrogens is 1. The van der Waals surface area contributed by atoms with Crippen molar-refractivity contribution in [1.82, 2.24) is 4.98 Å². The fourth-order valence-corrected chi connectivity index (χ4v) is 1.65. The van der Waals surface area contributed by atoms with Crippen LogP contribution in [0.3, 0.4) is 0 Å². The highest BCUT2D eigenvalue weighted by Crippen LogP contribution is 2.15. The lowest BCUT2D eigenvalue weighted by Crippen LogP contribution is -2.11. The van der Waals surface area contributed by atoms with Crippen molar-refractivity contribution in [2.24, 2.45) is 10.2 Å². The first-order valence-electron chi connectivity index (χ1n) is 4.63. The Balaban J connectivity index is 2.11. The average molecular weight is 288 g/mol. The zero-order valence-electron chi connectivity index (χ0n) is 8.20. The van der Waals surface area contributed by atoms with Crippen LogP contribution < -0.4 is 0 Å². The van der Waals surface area contributed by atoms with E-state index in [1.165, 1.54) is 0 Å². The Morgan fingerprint density at radius 3 is 2.62 bits per heavy atom. The molecule has 0 spiro atoms. The Bertz CT molecular complexity index is 440. The third-order valence-electron chi connectivity index (χ3n) is 2.19. The van der Waals surface area contributed by atoms with Gasteiger partial charge in [-0.25, -0.2) is 8.78 Å². The highest BCUT2D eigenvalue weighted by Gasteiger charge is 2.21. The molecule has 0 saturated heterocycles. The Morgan fingerprint density at radius 1 is 1.31 bits per heavy atom. The number of nitrogens with zero attached hydrogens (tertiary/aromatic N) is 3. The third kappa shape index (κ3) is 2.32. The molecule has 0 atom stereocenters. The van der Waals surface area contributed by atoms with Gasteiger partial charge < -0.3 is 0 Å². The van der Waals surface area contributed by atoms with Crippen LogP contribution in [0, 0.1) is 0 Å². The van der Waals surface area contributed by atoms with Crippen LogP contribution in [-0.4, -0.2) is 22.8 Å². The van der Waals surface area contributed by atoms with Gasteiger partial charge in [0.05, 0.1) is 11.4 Å². The van der Waals surface area contributed by atoms with E-state index in [1.54, 1.807) is 6.20 Å². The lowest BCUT2D eigenvalue weighted by atomic mass is 10.1. The second-order valence-electron chi connectivity index (χ2n) is 3.29. The molecule has 1 aromatic heterocycles. The van der Waals surface area contributed by atoms with Crippen molar-refractivity contribution in [3.05, 3.63) is 29.6 Å². The summed E-state index contributed by atoms with van der Waals surface area (Å²) < 4.78 is 24.6. The minimum absolute atomic E-state index is 0.104. The summed E-state index contributed by atoms with van der Waals surface area (Å²) in [7, 11) is 0. The molecule has 0 amide bonds. The number of hydrogen-bond acceptors (Lipinski definition) is 3. The number of pyridine rings is 1. The number of alkyl halides is 3. The maximum atomic E-state index is 12.3. The Kier molecular flexibility index (Phi) is 3.38. The first-order valence-corrected chi connectivity index (χ1v) is 5.75. The first kappa shape index (κ1) is 11.3. The van der Waals surface area contributed by atoms with Crippen molar-refractivity contribution < 1.29 is 8.78 Å². The minimum atomic E-state index is -2.53. The average Bonchev–Trinajstić information content (AvgIpc) is 2.78. The lowest BCUT2D eigenvalue weighted by Gasteiger charge is -2.01. The summed E-state index contributed by atoms with van der Waals surface area (Å²) in [6.07, 6.45) is -0.803. The molecule has 0 radical (unpaired) electrons. The molecule has 0 unspecified atom stereocenters. The van der Waals surface area contributed by atoms with Gasteiger partial charge in [-0.15, -0.1) is 0 Å². The second kappa shape index (κ2) is 4.78. The normalized spacial score (nSPS) is 15.2. The molecule has 1 aliphatic heterocycles. The van der Waals surface area contributed by atoms with Gasteiger partial charge >= 0.3 is 0 Å². The fraction of sp³-hybridized carbons (Fsp3) is 0.300. The van der Waals surface area contributed by atoms with Crippen molar-refractivity contribution in [3.8, 4) is 0 Å². The summed E-state index contributed by atoms with van der Waals surface area (Å²) in [5.74, 6) is 0. The molecule has 0 N–H and O–H groups in total. The second-order valence-corrected chi connectivity index (χ2v) is 3.85. The summed E-state index contributed by atoms with van der Waals surface area (Å²) >= 11 is 3.28. The molecule has 2 heterocycles. The van der Waals surface area contributed by atoms with Crippen LogP contribution in [0.1, 0.15) is 17.7 Å². The van der Waals surface area contributed by atoms with Crippen molar-refractivity contribution in [3.63, 3.8) is 0 Å². The molecular formula is C10H8BrF2N3. The standard InChI is InChI=1S/C10H8BrF2N3/c11-4-7-2-1-6(5-14-7)8-3-9(10(12)13)16-15-8/h1-2,5,10H,3-4H2. The van der Waals surface area contributed by atoms with E-state index in [-0.39, 0.29) is 12.1 Å². The van der Waals surface area contributed by atoms with E-state index in [4.69, 9.17) is 0 Å². The molecule has 1 aliphatic rings. The summed E-state index contributed by atoms with van der Waals surface area (Å²) in [4.78, 5) is 4.15. The third-order valence-corrected chi connectivity index (χ3v) is 2.77. The van der Waals surface area contributed by atoms with Crippen LogP contribution in [-0.2, 0) is 5.33 Å². The topological polar surface area (TPSA) is 37.6 Å². The van der Waals surface area contributed by atoms with E-state index in [0.29, 0.717) is 11.0 Å². The first-order chi connectivity index (χ1) is 7.70. The van der Waals surface area contributed by atoms with Crippen LogP contribution in [0.25, 0.3) is 0 Å². The van der Waals surface area contributed by atoms with Gasteiger partial charge in [0.1, 0.15) is 5.71 Å². The van der Waals surface area contributed by atoms with E-state index < -0.39 is 6.43 Å². The molecule has 0 saturated carbocycles. The molecule has 0 aliphatic carbocycles. The Labute approximate surface area is 99.4 Å². The summed E-state index contributed by atoms with van der Waals surface area (Å²) in [5, 5.41) is 7.86. The highest BCUT2D eigenvalue weighted by atomic mass is 79.9. The van der Waals surface area contributed by atoms with Gasteiger partial charge in [-0.05, 0) is 12.1 Å². The van der Waals surface area contributed by atoms with Crippen molar-refractivity contribution in [2.75, 3.05) is 0 Å². The summed E-state index contributed by atoms with van der Waals surface area (Å²) in [5.41, 5.74) is 1.99. The van der Waals surface area contributed by atoms with Gasteiger partial charge in [-0.2, -0.15) is 10.2 Å². The van der Waals surface area contributed by atoms with Crippen molar-refractivity contribution >= 4 is 27.4 Å². The minimum Gasteiger partial charge on any atom is -0.260 e. The van der Waals surface area contributed by atoms with Crippen LogP contribution in [0.4, 0.5) is 8.78 Å². The number of rotatable bonds is 3. The molecule has 0 bridgehead atoms. The van der Waals surface area contributed by atoms with E-state index in [0.717, 1.165) is 11.3 Å². The molecule has 1 aromatic rings. The van der Waals surface area contributed by atoms with Gasteiger partial charge in [-0.1, -0.05) is 15.9 Å². The van der Waals surface area contributed by atoms with Crippen LogP contribution in [0.5, 0.6) is 0 Å². The molecule has 6 heteroatoms. The molecule has 0 aromatic carbocycles. The lowest BCUT2D eigenvalue weighted by molar-refractivity contribution is 0.224. The maximum absolute atomic E-state index is 12.3. The Hall–Kier alpha value is -1.17. The summed E-state index contributed by atoms with van der Waals surface area (Å²) in [6, 6.07) is 3.64. The van der Waals surface area contributed by atoms with Crippen molar-refractivity contribution in [2.45, 2.75) is 18.2 Å². The van der Waals surface area contributed by atoms with Crippen LogP contribution >= 0.6 is 15.9 Å². The largest absolute Gasteiger partial charge is 0.278 e. The fourth-order valence-electron chi connectivity index (χ4n) is 1.32. The van der Waals surface area contributed by atoms with E-state index in [2.05, 4.69) is 31.1 Å². The molecular weight excluding hydrogens is 280 g/mol. The van der Waals surface area contributed by atoms with E-state index >= 15 is 0 Å². The zero-order valence-corrected chi connectivity index (χ0v) is 9.79. The Morgan fingerprint density at radius 2 is 2.12 bits per heavy atom. The molecule has 84 valence electrons. The molecule has 16 heavy (non-hydrogen) atoms. The number of halogens is 3. The molecule has 2 rings (SSSR count). The predicted molar refractivity (Wildman–Crippen MR) is 61.5 cm³/mol. The van der Waals surface area contributed by atoms with Gasteiger partial charge in [0.2, 0.25) is 0 Å². The quantitative estimate of drug-likeness (QED) is 0.788. The van der Waals surface area contributed by atoms with Gasteiger partial charge in [0.25, 0.3) is 6.43 Å². The number of hydrogen-bond donors (Lipinski definition) is 0. The molecule has 3 nitrogen and oxygen atoms in total. The monoisotopic (exact) mass is 287 g/mol. The van der Waals surface area contributed by atoms with Gasteiger partial charge in [0.15, 0.2) is 0 Å². The predicted octanol–water partition coefficient (Wildman–Crippen LogP) is 2.79. The summed E-state index contributed by atoms with van der Waals surface area (Å²) in [6.45, 7) is 0. The maximum Gasteiger partial charge on any atom is 0.278 e. The van der Waals surface area contributed by atoms with Crippen molar-refractivity contribution in [1.29, 1.82) is 0 Å². The van der Waals surface area contributed by atoms with E-state index in [1.807, 2.05) is 12.1 Å². The van der Waals surface area contributed by atoms with Crippen LogP contribution in [0.15, 0.2) is 28.5 Å². The zero-order chi connectivity index (χ0) is 11.5. The smallest absolute Gasteiger partial charge is 0.260 e. The van der Waals surface area contributed by atoms with Crippen LogP contribution in [0.2, 0.25) is 0 Å². The molecule has 0 fully saturated rings. The van der Waals surface area contributed by atoms with Gasteiger partial charge in [-0.3, -0.25) is 4.98 Å².